The van der Waals surface area contributed by atoms with Gasteiger partial charge in [0.2, 0.25) is 0 Å². The number of aromatic nitrogens is 3. The Morgan fingerprint density at radius 3 is 2.57 bits per heavy atom. The Morgan fingerprint density at radius 1 is 1.21 bits per heavy atom. The third-order valence-electron chi connectivity index (χ3n) is 1.94. The second-order valence-electron chi connectivity index (χ2n) is 3.14. The van der Waals surface area contributed by atoms with Gasteiger partial charge in [0, 0.05) is 24.3 Å². The van der Waals surface area contributed by atoms with Crippen molar-refractivity contribution >= 4 is 5.65 Å². The molecular formula is C11H17N3. The lowest BCUT2D eigenvalue weighted by molar-refractivity contribution is 0.807. The number of hydrogen-bond acceptors (Lipinski definition) is 2. The van der Waals surface area contributed by atoms with Crippen LogP contribution in [0.4, 0.5) is 0 Å². The molecule has 3 nitrogen and oxygen atoms in total. The van der Waals surface area contributed by atoms with Crippen molar-refractivity contribution in [1.82, 2.24) is 14.4 Å². The van der Waals surface area contributed by atoms with Gasteiger partial charge in [0.25, 0.3) is 0 Å². The van der Waals surface area contributed by atoms with E-state index in [9.17, 15) is 0 Å². The molecule has 76 valence electrons. The Labute approximate surface area is 84.8 Å². The number of rotatable bonds is 1. The molecule has 0 saturated carbocycles. The summed E-state index contributed by atoms with van der Waals surface area (Å²) in [7, 11) is 0. The summed E-state index contributed by atoms with van der Waals surface area (Å²) in [4.78, 5) is 8.24. The number of nitrogens with zero attached hydrogens (tertiary/aromatic N) is 3. The van der Waals surface area contributed by atoms with Crippen molar-refractivity contribution in [2.75, 3.05) is 0 Å². The molecule has 2 rings (SSSR count). The molecule has 2 aromatic heterocycles. The van der Waals surface area contributed by atoms with Crippen LogP contribution in [-0.4, -0.2) is 14.4 Å². The Morgan fingerprint density at radius 2 is 1.93 bits per heavy atom. The molecule has 2 heterocycles. The van der Waals surface area contributed by atoms with Crippen LogP contribution in [0.3, 0.4) is 0 Å². The average molecular weight is 191 g/mol. The van der Waals surface area contributed by atoms with E-state index < -0.39 is 0 Å². The molecule has 0 aliphatic rings. The summed E-state index contributed by atoms with van der Waals surface area (Å²) in [5, 5.41) is 0. The first-order valence-corrected chi connectivity index (χ1v) is 5.06. The maximum absolute atomic E-state index is 4.24. The van der Waals surface area contributed by atoms with Crippen LogP contribution >= 0.6 is 0 Å². The van der Waals surface area contributed by atoms with Crippen molar-refractivity contribution in [1.29, 1.82) is 0 Å². The fourth-order valence-electron chi connectivity index (χ4n) is 1.29. The molecule has 0 unspecified atom stereocenters. The van der Waals surface area contributed by atoms with Crippen LogP contribution in [0.25, 0.3) is 5.65 Å². The minimum atomic E-state index is 0.502. The van der Waals surface area contributed by atoms with E-state index in [1.807, 2.05) is 26.2 Å². The number of fused-ring (bicyclic) bond motifs is 1. The minimum Gasteiger partial charge on any atom is -0.301 e. The Hall–Kier alpha value is -1.38. The summed E-state index contributed by atoms with van der Waals surface area (Å²) in [5.74, 6) is 0.502. The van der Waals surface area contributed by atoms with Gasteiger partial charge in [0.15, 0.2) is 5.65 Å². The molecule has 14 heavy (non-hydrogen) atoms. The van der Waals surface area contributed by atoms with Crippen LogP contribution in [0.1, 0.15) is 39.3 Å². The van der Waals surface area contributed by atoms with Gasteiger partial charge in [0.1, 0.15) is 0 Å². The molecular weight excluding hydrogens is 174 g/mol. The molecule has 0 aliphatic heterocycles. The Balaban J connectivity index is 0.000000461. The van der Waals surface area contributed by atoms with Crippen LogP contribution < -0.4 is 0 Å². The standard InChI is InChI=1S/C9H11N3.C2H6/c1-7(2)8-5-11-9-6-10-3-4-12(8)9;1-2/h3-7H,1-2H3;1-2H3. The van der Waals surface area contributed by atoms with Crippen molar-refractivity contribution < 1.29 is 0 Å². The maximum atomic E-state index is 4.24. The average Bonchev–Trinajstić information content (AvgIpc) is 2.64. The summed E-state index contributed by atoms with van der Waals surface area (Å²) < 4.78 is 2.07. The maximum Gasteiger partial charge on any atom is 0.155 e. The molecule has 0 aromatic carbocycles. The van der Waals surface area contributed by atoms with Crippen molar-refractivity contribution in [3.05, 3.63) is 30.5 Å². The summed E-state index contributed by atoms with van der Waals surface area (Å²) in [6, 6.07) is 0. The molecule has 0 spiro atoms. The third kappa shape index (κ3) is 1.92. The van der Waals surface area contributed by atoms with Gasteiger partial charge < -0.3 is 4.40 Å². The van der Waals surface area contributed by atoms with Crippen LogP contribution in [0.2, 0.25) is 0 Å². The summed E-state index contributed by atoms with van der Waals surface area (Å²) in [6.45, 7) is 8.31. The van der Waals surface area contributed by atoms with Gasteiger partial charge in [-0.15, -0.1) is 0 Å². The Bertz CT molecular complexity index is 390. The topological polar surface area (TPSA) is 30.2 Å². The van der Waals surface area contributed by atoms with Crippen LogP contribution in [-0.2, 0) is 0 Å². The highest BCUT2D eigenvalue weighted by Crippen LogP contribution is 2.14. The first kappa shape index (κ1) is 10.7. The van der Waals surface area contributed by atoms with E-state index in [1.54, 1.807) is 12.4 Å². The van der Waals surface area contributed by atoms with Crippen molar-refractivity contribution in [2.24, 2.45) is 0 Å². The molecule has 0 bridgehead atoms. The van der Waals surface area contributed by atoms with Crippen LogP contribution in [0.5, 0.6) is 0 Å². The lowest BCUT2D eigenvalue weighted by atomic mass is 10.1. The van der Waals surface area contributed by atoms with Gasteiger partial charge in [-0.3, -0.25) is 4.98 Å². The van der Waals surface area contributed by atoms with Crippen LogP contribution in [0.15, 0.2) is 24.8 Å². The highest BCUT2D eigenvalue weighted by atomic mass is 15.0. The van der Waals surface area contributed by atoms with Gasteiger partial charge >= 0.3 is 0 Å². The van der Waals surface area contributed by atoms with E-state index in [0.717, 1.165) is 5.65 Å². The SMILES string of the molecule is CC.CC(C)c1cnc2cnccn12. The smallest absolute Gasteiger partial charge is 0.155 e. The first-order chi connectivity index (χ1) is 6.79. The van der Waals surface area contributed by atoms with E-state index in [4.69, 9.17) is 0 Å². The third-order valence-corrected chi connectivity index (χ3v) is 1.94. The molecule has 0 atom stereocenters. The molecule has 2 aromatic rings. The second kappa shape index (κ2) is 4.74. The lowest BCUT2D eigenvalue weighted by Crippen LogP contribution is -1.94. The first-order valence-electron chi connectivity index (χ1n) is 5.06. The predicted octanol–water partition coefficient (Wildman–Crippen LogP) is 2.88. The predicted molar refractivity (Wildman–Crippen MR) is 58.4 cm³/mol. The zero-order valence-corrected chi connectivity index (χ0v) is 9.23. The fourth-order valence-corrected chi connectivity index (χ4v) is 1.29. The number of imidazole rings is 1. The van der Waals surface area contributed by atoms with Crippen molar-refractivity contribution in [3.8, 4) is 0 Å². The van der Waals surface area contributed by atoms with Gasteiger partial charge in [0.05, 0.1) is 6.20 Å². The second-order valence-corrected chi connectivity index (χ2v) is 3.14. The molecule has 0 N–H and O–H groups in total. The quantitative estimate of drug-likeness (QED) is 0.693. The minimum absolute atomic E-state index is 0.502. The largest absolute Gasteiger partial charge is 0.301 e. The van der Waals surface area contributed by atoms with E-state index in [2.05, 4.69) is 28.2 Å². The van der Waals surface area contributed by atoms with E-state index in [-0.39, 0.29) is 0 Å². The molecule has 0 saturated heterocycles. The molecule has 3 heteroatoms. The molecule has 0 amide bonds. The van der Waals surface area contributed by atoms with E-state index in [1.165, 1.54) is 5.69 Å². The van der Waals surface area contributed by atoms with E-state index in [0.29, 0.717) is 5.92 Å². The zero-order valence-electron chi connectivity index (χ0n) is 9.23. The van der Waals surface area contributed by atoms with Gasteiger partial charge in [-0.05, 0) is 5.92 Å². The van der Waals surface area contributed by atoms with Gasteiger partial charge in [-0.25, -0.2) is 4.98 Å². The van der Waals surface area contributed by atoms with Crippen molar-refractivity contribution in [3.63, 3.8) is 0 Å². The highest BCUT2D eigenvalue weighted by molar-refractivity contribution is 5.37. The molecule has 0 aliphatic carbocycles. The number of hydrogen-bond donors (Lipinski definition) is 0. The van der Waals surface area contributed by atoms with E-state index >= 15 is 0 Å². The molecule has 0 fully saturated rings. The van der Waals surface area contributed by atoms with Gasteiger partial charge in [-0.1, -0.05) is 27.7 Å². The normalized spacial score (nSPS) is 10.1. The van der Waals surface area contributed by atoms with Gasteiger partial charge in [-0.2, -0.15) is 0 Å². The fraction of sp³-hybridized carbons (Fsp3) is 0.455. The lowest BCUT2D eigenvalue weighted by Gasteiger charge is -2.02. The molecule has 0 radical (unpaired) electrons. The highest BCUT2D eigenvalue weighted by Gasteiger charge is 2.05. The summed E-state index contributed by atoms with van der Waals surface area (Å²) >= 11 is 0. The monoisotopic (exact) mass is 191 g/mol. The summed E-state index contributed by atoms with van der Waals surface area (Å²) in [6.07, 6.45) is 7.39. The summed E-state index contributed by atoms with van der Waals surface area (Å²) in [5.41, 5.74) is 2.15. The van der Waals surface area contributed by atoms with Crippen LogP contribution in [0, 0.1) is 0 Å². The van der Waals surface area contributed by atoms with Crippen molar-refractivity contribution in [2.45, 2.75) is 33.6 Å². The zero-order chi connectivity index (χ0) is 10.6. The Kier molecular flexibility index (Phi) is 3.63.